The average molecular weight is 435 g/mol. The van der Waals surface area contributed by atoms with E-state index in [1.54, 1.807) is 0 Å². The zero-order chi connectivity index (χ0) is 22.5. The first-order chi connectivity index (χ1) is 15.5. The topological polar surface area (TPSA) is 76.5 Å². The molecule has 2 atom stereocenters. The summed E-state index contributed by atoms with van der Waals surface area (Å²) >= 11 is 0. The van der Waals surface area contributed by atoms with Gasteiger partial charge in [0.2, 0.25) is 5.91 Å². The molecule has 2 aromatic carbocycles. The van der Waals surface area contributed by atoms with Crippen LogP contribution in [0.2, 0.25) is 0 Å². The molecule has 2 amide bonds. The minimum atomic E-state index is -0.374. The highest BCUT2D eigenvalue weighted by Crippen LogP contribution is 2.23. The van der Waals surface area contributed by atoms with Gasteiger partial charge in [0.15, 0.2) is 6.61 Å². The molecular formula is C25H30N4O3. The summed E-state index contributed by atoms with van der Waals surface area (Å²) < 4.78 is 7.48. The summed E-state index contributed by atoms with van der Waals surface area (Å²) in [5.74, 6) is 1.16. The molecule has 2 unspecified atom stereocenters. The number of carbonyl (C=O) groups excluding carboxylic acids is 2. The van der Waals surface area contributed by atoms with Crippen LogP contribution >= 0.6 is 0 Å². The van der Waals surface area contributed by atoms with Crippen molar-refractivity contribution < 1.29 is 14.3 Å². The first-order valence-corrected chi connectivity index (χ1v) is 11.2. The molecule has 0 spiro atoms. The average Bonchev–Trinajstić information content (AvgIpc) is 3.17. The van der Waals surface area contributed by atoms with Gasteiger partial charge in [-0.3, -0.25) is 9.59 Å². The smallest absolute Gasteiger partial charge is 0.258 e. The molecule has 1 aliphatic heterocycles. The van der Waals surface area contributed by atoms with Crippen molar-refractivity contribution in [3.63, 3.8) is 0 Å². The van der Waals surface area contributed by atoms with Crippen LogP contribution in [-0.2, 0) is 16.1 Å². The number of fused-ring (bicyclic) bond motifs is 1. The zero-order valence-corrected chi connectivity index (χ0v) is 18.7. The molecule has 7 nitrogen and oxygen atoms in total. The lowest BCUT2D eigenvalue weighted by Crippen LogP contribution is -2.44. The van der Waals surface area contributed by atoms with Gasteiger partial charge in [0.25, 0.3) is 5.91 Å². The molecule has 32 heavy (non-hydrogen) atoms. The Hall–Kier alpha value is -3.35. The molecule has 1 saturated heterocycles. The van der Waals surface area contributed by atoms with Crippen molar-refractivity contribution in [2.24, 2.45) is 0 Å². The maximum Gasteiger partial charge on any atom is 0.258 e. The number of para-hydroxylation sites is 3. The fraction of sp³-hybridized carbons (Fsp3) is 0.400. The van der Waals surface area contributed by atoms with E-state index in [4.69, 9.17) is 9.72 Å². The van der Waals surface area contributed by atoms with Crippen molar-refractivity contribution in [2.45, 2.75) is 51.7 Å². The highest BCUT2D eigenvalue weighted by molar-refractivity contribution is 5.82. The molecule has 4 rings (SSSR count). The predicted octanol–water partition coefficient (Wildman–Crippen LogP) is 3.69. The number of amides is 2. The number of nitrogens with one attached hydrogen (secondary N) is 1. The summed E-state index contributed by atoms with van der Waals surface area (Å²) in [6.07, 6.45) is 3.25. The van der Waals surface area contributed by atoms with Gasteiger partial charge in [-0.25, -0.2) is 4.98 Å². The van der Waals surface area contributed by atoms with E-state index in [1.807, 2.05) is 71.0 Å². The third kappa shape index (κ3) is 4.93. The number of rotatable bonds is 7. The summed E-state index contributed by atoms with van der Waals surface area (Å²) in [6, 6.07) is 16.9. The van der Waals surface area contributed by atoms with Crippen molar-refractivity contribution in [2.75, 3.05) is 13.2 Å². The number of hydrogen-bond acceptors (Lipinski definition) is 4. The first kappa shape index (κ1) is 21.9. The second-order valence-corrected chi connectivity index (χ2v) is 8.37. The first-order valence-electron chi connectivity index (χ1n) is 11.2. The molecule has 3 aromatic rings. The van der Waals surface area contributed by atoms with E-state index in [0.29, 0.717) is 11.6 Å². The minimum absolute atomic E-state index is 0.0845. The Morgan fingerprint density at radius 3 is 2.66 bits per heavy atom. The predicted molar refractivity (Wildman–Crippen MR) is 123 cm³/mol. The molecule has 0 aliphatic carbocycles. The number of hydrogen-bond donors (Lipinski definition) is 1. The minimum Gasteiger partial charge on any atom is -0.484 e. The second-order valence-electron chi connectivity index (χ2n) is 8.37. The van der Waals surface area contributed by atoms with Gasteiger partial charge in [-0.1, -0.05) is 30.3 Å². The molecule has 1 N–H and O–H groups in total. The molecule has 0 bridgehead atoms. The van der Waals surface area contributed by atoms with Crippen molar-refractivity contribution in [3.8, 4) is 5.75 Å². The monoisotopic (exact) mass is 434 g/mol. The van der Waals surface area contributed by atoms with Gasteiger partial charge < -0.3 is 19.5 Å². The summed E-state index contributed by atoms with van der Waals surface area (Å²) in [4.78, 5) is 32.3. The quantitative estimate of drug-likeness (QED) is 0.615. The SMILES string of the molecule is CC(NC(=O)COc1ccccc1)c1nc2ccccc2n1CC(=O)N1CCCCC1C. The van der Waals surface area contributed by atoms with Crippen LogP contribution in [0.5, 0.6) is 5.75 Å². The largest absolute Gasteiger partial charge is 0.484 e. The number of imidazole rings is 1. The van der Waals surface area contributed by atoms with Crippen molar-refractivity contribution in [3.05, 3.63) is 60.4 Å². The Balaban J connectivity index is 1.50. The maximum atomic E-state index is 13.1. The van der Waals surface area contributed by atoms with E-state index < -0.39 is 0 Å². The van der Waals surface area contributed by atoms with Crippen LogP contribution in [0.25, 0.3) is 11.0 Å². The van der Waals surface area contributed by atoms with Crippen LogP contribution in [0, 0.1) is 0 Å². The van der Waals surface area contributed by atoms with Gasteiger partial charge >= 0.3 is 0 Å². The molecule has 1 fully saturated rings. The van der Waals surface area contributed by atoms with Gasteiger partial charge in [-0.05, 0) is 57.4 Å². The number of piperidine rings is 1. The number of benzene rings is 2. The Bertz CT molecular complexity index is 1080. The van der Waals surface area contributed by atoms with Gasteiger partial charge in [0.05, 0.1) is 17.1 Å². The standard InChI is InChI=1S/C25H30N4O3/c1-18-10-8-9-15-28(18)24(31)16-29-22-14-7-6-13-21(22)27-25(29)19(2)26-23(30)17-32-20-11-4-3-5-12-20/h3-7,11-14,18-19H,8-10,15-17H2,1-2H3,(H,26,30). The van der Waals surface area contributed by atoms with Crippen LogP contribution in [0.1, 0.15) is 45.0 Å². The lowest BCUT2D eigenvalue weighted by Gasteiger charge is -2.33. The fourth-order valence-corrected chi connectivity index (χ4v) is 4.30. The van der Waals surface area contributed by atoms with Crippen LogP contribution in [0.4, 0.5) is 0 Å². The summed E-state index contributed by atoms with van der Waals surface area (Å²) in [5, 5.41) is 2.96. The Kier molecular flexibility index (Phi) is 6.73. The molecule has 2 heterocycles. The van der Waals surface area contributed by atoms with Crippen molar-refractivity contribution >= 4 is 22.8 Å². The maximum absolute atomic E-state index is 13.1. The summed E-state index contributed by atoms with van der Waals surface area (Å²) in [5.41, 5.74) is 1.70. The van der Waals surface area contributed by atoms with Crippen LogP contribution in [0.3, 0.4) is 0 Å². The second kappa shape index (κ2) is 9.85. The number of nitrogens with zero attached hydrogens (tertiary/aromatic N) is 3. The third-order valence-electron chi connectivity index (χ3n) is 5.98. The summed E-state index contributed by atoms with van der Waals surface area (Å²) in [6.45, 7) is 4.91. The number of ether oxygens (including phenoxy) is 1. The highest BCUT2D eigenvalue weighted by Gasteiger charge is 2.26. The zero-order valence-electron chi connectivity index (χ0n) is 18.7. The van der Waals surface area contributed by atoms with E-state index in [1.165, 1.54) is 6.42 Å². The Morgan fingerprint density at radius 2 is 1.88 bits per heavy atom. The van der Waals surface area contributed by atoms with Gasteiger partial charge in [0.1, 0.15) is 18.1 Å². The lowest BCUT2D eigenvalue weighted by atomic mass is 10.0. The van der Waals surface area contributed by atoms with Gasteiger partial charge in [0, 0.05) is 12.6 Å². The van der Waals surface area contributed by atoms with E-state index in [9.17, 15) is 9.59 Å². The molecule has 168 valence electrons. The van der Waals surface area contributed by atoms with Gasteiger partial charge in [-0.2, -0.15) is 0 Å². The van der Waals surface area contributed by atoms with Crippen molar-refractivity contribution in [1.29, 1.82) is 0 Å². The number of carbonyl (C=O) groups is 2. The normalized spacial score (nSPS) is 17.2. The van der Waals surface area contributed by atoms with Crippen LogP contribution in [0.15, 0.2) is 54.6 Å². The van der Waals surface area contributed by atoms with E-state index in [-0.39, 0.29) is 37.0 Å². The van der Waals surface area contributed by atoms with E-state index in [0.717, 1.165) is 30.4 Å². The number of aromatic nitrogens is 2. The summed E-state index contributed by atoms with van der Waals surface area (Å²) in [7, 11) is 0. The molecule has 1 aliphatic rings. The molecular weight excluding hydrogens is 404 g/mol. The third-order valence-corrected chi connectivity index (χ3v) is 5.98. The lowest BCUT2D eigenvalue weighted by molar-refractivity contribution is -0.135. The molecule has 7 heteroatoms. The molecule has 0 radical (unpaired) electrons. The van der Waals surface area contributed by atoms with E-state index in [2.05, 4.69) is 12.2 Å². The Morgan fingerprint density at radius 1 is 1.12 bits per heavy atom. The van der Waals surface area contributed by atoms with Crippen LogP contribution in [-0.4, -0.2) is 45.5 Å². The highest BCUT2D eigenvalue weighted by atomic mass is 16.5. The fourth-order valence-electron chi connectivity index (χ4n) is 4.30. The van der Waals surface area contributed by atoms with Gasteiger partial charge in [-0.15, -0.1) is 0 Å². The van der Waals surface area contributed by atoms with Crippen molar-refractivity contribution in [1.82, 2.24) is 19.8 Å². The van der Waals surface area contributed by atoms with E-state index >= 15 is 0 Å². The number of likely N-dealkylation sites (tertiary alicyclic amines) is 1. The molecule has 0 saturated carbocycles. The van der Waals surface area contributed by atoms with Crippen LogP contribution < -0.4 is 10.1 Å². The Labute approximate surface area is 188 Å². The molecule has 1 aromatic heterocycles.